The third-order valence-corrected chi connectivity index (χ3v) is 2.60. The van der Waals surface area contributed by atoms with E-state index in [4.69, 9.17) is 4.74 Å². The first-order valence-corrected chi connectivity index (χ1v) is 4.39. The van der Waals surface area contributed by atoms with E-state index in [1.54, 1.807) is 7.11 Å². The molecule has 0 spiro atoms. The van der Waals surface area contributed by atoms with Crippen LogP contribution < -0.4 is 5.32 Å². The van der Waals surface area contributed by atoms with Crippen molar-refractivity contribution in [2.75, 3.05) is 20.2 Å². The third-order valence-electron chi connectivity index (χ3n) is 2.60. The molecule has 0 unspecified atom stereocenters. The van der Waals surface area contributed by atoms with E-state index in [0.29, 0.717) is 18.7 Å². The highest BCUT2D eigenvalue weighted by Crippen LogP contribution is 2.30. The fourth-order valence-electron chi connectivity index (χ4n) is 1.64. The molecule has 2 rings (SSSR count). The Morgan fingerprint density at radius 3 is 2.07 bits per heavy atom. The Labute approximate surface area is 93.0 Å². The van der Waals surface area contributed by atoms with Gasteiger partial charge in [-0.1, -0.05) is 0 Å². The third kappa shape index (κ3) is 2.12. The molecule has 5 heteroatoms. The molecule has 2 nitrogen and oxygen atoms in total. The van der Waals surface area contributed by atoms with E-state index in [1.807, 2.05) is 0 Å². The summed E-state index contributed by atoms with van der Waals surface area (Å²) in [7, 11) is 1.55. The van der Waals surface area contributed by atoms with Gasteiger partial charge in [-0.15, -0.1) is 12.4 Å². The molecule has 1 saturated heterocycles. The summed E-state index contributed by atoms with van der Waals surface area (Å²) in [6.07, 6.45) is 0. The van der Waals surface area contributed by atoms with Gasteiger partial charge in [0.1, 0.15) is 17.2 Å². The summed E-state index contributed by atoms with van der Waals surface area (Å²) in [5.74, 6) is -1.13. The van der Waals surface area contributed by atoms with Crippen LogP contribution in [0, 0.1) is 11.6 Å². The van der Waals surface area contributed by atoms with Gasteiger partial charge < -0.3 is 10.1 Å². The molecule has 0 amide bonds. The van der Waals surface area contributed by atoms with Crippen LogP contribution >= 0.6 is 12.4 Å². The highest BCUT2D eigenvalue weighted by Gasteiger charge is 2.39. The lowest BCUT2D eigenvalue weighted by molar-refractivity contribution is -0.0569. The van der Waals surface area contributed by atoms with Crippen LogP contribution in [0.3, 0.4) is 0 Å². The Balaban J connectivity index is 0.00000112. The second kappa shape index (κ2) is 4.43. The van der Waals surface area contributed by atoms with E-state index in [-0.39, 0.29) is 12.4 Å². The smallest absolute Gasteiger partial charge is 0.126 e. The Kier molecular flexibility index (Phi) is 3.65. The highest BCUT2D eigenvalue weighted by molar-refractivity contribution is 5.85. The van der Waals surface area contributed by atoms with E-state index < -0.39 is 17.2 Å². The van der Waals surface area contributed by atoms with Gasteiger partial charge in [0, 0.05) is 26.3 Å². The molecule has 1 N–H and O–H groups in total. The molecule has 0 aliphatic carbocycles. The lowest BCUT2D eigenvalue weighted by Gasteiger charge is -2.41. The Morgan fingerprint density at radius 1 is 1.20 bits per heavy atom. The van der Waals surface area contributed by atoms with Gasteiger partial charge in [0.25, 0.3) is 0 Å². The predicted molar refractivity (Wildman–Crippen MR) is 55.2 cm³/mol. The summed E-state index contributed by atoms with van der Waals surface area (Å²) in [5, 5.41) is 3.02. The molecule has 15 heavy (non-hydrogen) atoms. The molecular formula is C10H12ClF2NO. The lowest BCUT2D eigenvalue weighted by atomic mass is 9.88. The van der Waals surface area contributed by atoms with Crippen molar-refractivity contribution in [1.82, 2.24) is 5.32 Å². The van der Waals surface area contributed by atoms with Gasteiger partial charge in [-0.05, 0) is 17.7 Å². The zero-order chi connectivity index (χ0) is 10.2. The number of hydrogen-bond acceptors (Lipinski definition) is 2. The van der Waals surface area contributed by atoms with Crippen molar-refractivity contribution in [2.45, 2.75) is 5.60 Å². The van der Waals surface area contributed by atoms with E-state index in [0.717, 1.165) is 6.07 Å². The van der Waals surface area contributed by atoms with Gasteiger partial charge in [0.2, 0.25) is 0 Å². The zero-order valence-electron chi connectivity index (χ0n) is 8.22. The summed E-state index contributed by atoms with van der Waals surface area (Å²) in [6, 6.07) is 3.49. The highest BCUT2D eigenvalue weighted by atomic mass is 35.5. The van der Waals surface area contributed by atoms with Crippen molar-refractivity contribution in [3.63, 3.8) is 0 Å². The number of ether oxygens (including phenoxy) is 1. The number of methoxy groups -OCH3 is 1. The average Bonchev–Trinajstić information content (AvgIpc) is 2.01. The molecule has 84 valence electrons. The predicted octanol–water partition coefficient (Wildman–Crippen LogP) is 1.83. The molecule has 1 heterocycles. The van der Waals surface area contributed by atoms with Crippen molar-refractivity contribution in [3.8, 4) is 0 Å². The first-order valence-electron chi connectivity index (χ1n) is 4.39. The van der Waals surface area contributed by atoms with E-state index >= 15 is 0 Å². The molecule has 1 aromatic carbocycles. The van der Waals surface area contributed by atoms with Crippen molar-refractivity contribution < 1.29 is 13.5 Å². The summed E-state index contributed by atoms with van der Waals surface area (Å²) in [5.41, 5.74) is -0.000556. The van der Waals surface area contributed by atoms with Gasteiger partial charge in [-0.25, -0.2) is 8.78 Å². The molecule has 0 atom stereocenters. The Hall–Kier alpha value is -0.710. The maximum atomic E-state index is 12.9. The second-order valence-corrected chi connectivity index (χ2v) is 3.46. The van der Waals surface area contributed by atoms with Crippen LogP contribution in [0.2, 0.25) is 0 Å². The topological polar surface area (TPSA) is 21.3 Å². The van der Waals surface area contributed by atoms with Gasteiger partial charge in [0.15, 0.2) is 0 Å². The lowest BCUT2D eigenvalue weighted by Crippen LogP contribution is -2.58. The van der Waals surface area contributed by atoms with Crippen molar-refractivity contribution >= 4 is 12.4 Å². The van der Waals surface area contributed by atoms with E-state index in [1.165, 1.54) is 12.1 Å². The monoisotopic (exact) mass is 235 g/mol. The number of rotatable bonds is 2. The van der Waals surface area contributed by atoms with Crippen LogP contribution in [-0.2, 0) is 10.3 Å². The summed E-state index contributed by atoms with van der Waals surface area (Å²) >= 11 is 0. The molecule has 1 aliphatic rings. The molecular weight excluding hydrogens is 224 g/mol. The van der Waals surface area contributed by atoms with Gasteiger partial charge in [0.05, 0.1) is 0 Å². The molecule has 1 aromatic rings. The Morgan fingerprint density at radius 2 is 1.73 bits per heavy atom. The summed E-state index contributed by atoms with van der Waals surface area (Å²) in [6.45, 7) is 1.18. The van der Waals surface area contributed by atoms with Crippen LogP contribution in [-0.4, -0.2) is 20.2 Å². The van der Waals surface area contributed by atoms with Gasteiger partial charge in [-0.2, -0.15) is 0 Å². The first kappa shape index (κ1) is 12.4. The van der Waals surface area contributed by atoms with Gasteiger partial charge in [-0.3, -0.25) is 0 Å². The molecule has 0 aromatic heterocycles. The van der Waals surface area contributed by atoms with Crippen LogP contribution in [0.1, 0.15) is 5.56 Å². The number of halogens is 3. The van der Waals surface area contributed by atoms with Crippen LogP contribution in [0.15, 0.2) is 18.2 Å². The Bertz CT molecular complexity index is 330. The molecule has 1 aliphatic heterocycles. The van der Waals surface area contributed by atoms with Gasteiger partial charge >= 0.3 is 0 Å². The largest absolute Gasteiger partial charge is 0.371 e. The number of benzene rings is 1. The standard InChI is InChI=1S/C10H11F2NO.ClH/c1-14-10(5-13-6-10)7-2-8(11)4-9(12)3-7;/h2-4,13H,5-6H2,1H3;1H. The van der Waals surface area contributed by atoms with E-state index in [2.05, 4.69) is 5.32 Å². The van der Waals surface area contributed by atoms with Crippen molar-refractivity contribution in [3.05, 3.63) is 35.4 Å². The summed E-state index contributed by atoms with van der Waals surface area (Å²) < 4.78 is 31.2. The van der Waals surface area contributed by atoms with Crippen molar-refractivity contribution in [2.24, 2.45) is 0 Å². The SMILES string of the molecule is COC1(c2cc(F)cc(F)c2)CNC1.Cl. The van der Waals surface area contributed by atoms with Crippen LogP contribution in [0.4, 0.5) is 8.78 Å². The normalized spacial score (nSPS) is 17.8. The molecule has 1 fully saturated rings. The second-order valence-electron chi connectivity index (χ2n) is 3.46. The minimum atomic E-state index is -0.566. The molecule has 0 saturated carbocycles. The quantitative estimate of drug-likeness (QED) is 0.845. The van der Waals surface area contributed by atoms with Crippen LogP contribution in [0.25, 0.3) is 0 Å². The minimum Gasteiger partial charge on any atom is -0.371 e. The molecule has 0 radical (unpaired) electrons. The van der Waals surface area contributed by atoms with Crippen LogP contribution in [0.5, 0.6) is 0 Å². The first-order chi connectivity index (χ1) is 6.66. The number of nitrogens with one attached hydrogen (secondary N) is 1. The van der Waals surface area contributed by atoms with Crippen molar-refractivity contribution in [1.29, 1.82) is 0 Å². The number of hydrogen-bond donors (Lipinski definition) is 1. The summed E-state index contributed by atoms with van der Waals surface area (Å²) in [4.78, 5) is 0. The van der Waals surface area contributed by atoms with E-state index in [9.17, 15) is 8.78 Å². The zero-order valence-corrected chi connectivity index (χ0v) is 9.04. The fourth-order valence-corrected chi connectivity index (χ4v) is 1.64. The fraction of sp³-hybridized carbons (Fsp3) is 0.400. The molecule has 0 bridgehead atoms. The average molecular weight is 236 g/mol. The minimum absolute atomic E-state index is 0. The maximum absolute atomic E-state index is 12.9. The maximum Gasteiger partial charge on any atom is 0.126 e.